The Hall–Kier alpha value is -0.120. The summed E-state index contributed by atoms with van der Waals surface area (Å²) < 4.78 is 0. The molecule has 1 aliphatic carbocycles. The Bertz CT molecular complexity index is 142. The Morgan fingerprint density at radius 2 is 2.17 bits per heavy atom. The molecule has 1 aliphatic rings. The molecular formula is C9H20N2O. The van der Waals surface area contributed by atoms with Crippen molar-refractivity contribution in [2.75, 3.05) is 6.54 Å². The van der Waals surface area contributed by atoms with Crippen molar-refractivity contribution in [3.8, 4) is 0 Å². The number of nitrogens with two attached hydrogens (primary N) is 1. The van der Waals surface area contributed by atoms with E-state index in [1.807, 2.05) is 13.8 Å². The fourth-order valence-electron chi connectivity index (χ4n) is 1.60. The van der Waals surface area contributed by atoms with Crippen LogP contribution in [0.3, 0.4) is 0 Å². The summed E-state index contributed by atoms with van der Waals surface area (Å²) in [6, 6.07) is 0.885. The van der Waals surface area contributed by atoms with Crippen molar-refractivity contribution in [2.45, 2.75) is 50.8 Å². The fraction of sp³-hybridized carbons (Fsp3) is 1.00. The van der Waals surface area contributed by atoms with E-state index in [1.54, 1.807) is 0 Å². The van der Waals surface area contributed by atoms with Crippen LogP contribution in [0.25, 0.3) is 0 Å². The van der Waals surface area contributed by atoms with Gasteiger partial charge in [0.15, 0.2) is 0 Å². The number of hydrogen-bond acceptors (Lipinski definition) is 3. The maximum absolute atomic E-state index is 9.45. The highest BCUT2D eigenvalue weighted by molar-refractivity contribution is 4.84. The maximum atomic E-state index is 9.45. The van der Waals surface area contributed by atoms with Gasteiger partial charge in [0.2, 0.25) is 0 Å². The number of rotatable bonds is 3. The van der Waals surface area contributed by atoms with E-state index < -0.39 is 5.60 Å². The lowest BCUT2D eigenvalue weighted by atomic mass is 10.1. The third-order valence-electron chi connectivity index (χ3n) is 2.30. The Balaban J connectivity index is 2.16. The van der Waals surface area contributed by atoms with Gasteiger partial charge in [-0.3, -0.25) is 0 Å². The summed E-state index contributed by atoms with van der Waals surface area (Å²) >= 11 is 0. The maximum Gasteiger partial charge on any atom is 0.0715 e. The summed E-state index contributed by atoms with van der Waals surface area (Å²) in [7, 11) is 0. The van der Waals surface area contributed by atoms with E-state index in [-0.39, 0.29) is 0 Å². The van der Waals surface area contributed by atoms with Gasteiger partial charge in [0, 0.05) is 18.6 Å². The molecule has 0 amide bonds. The quantitative estimate of drug-likeness (QED) is 0.571. The van der Waals surface area contributed by atoms with E-state index in [0.29, 0.717) is 18.6 Å². The van der Waals surface area contributed by atoms with Crippen LogP contribution in [0.15, 0.2) is 0 Å². The molecule has 2 atom stereocenters. The average molecular weight is 172 g/mol. The Morgan fingerprint density at radius 3 is 2.58 bits per heavy atom. The smallest absolute Gasteiger partial charge is 0.0715 e. The molecule has 0 aliphatic heterocycles. The summed E-state index contributed by atoms with van der Waals surface area (Å²) in [5, 5.41) is 12.8. The SMILES string of the molecule is CC(C)(O)CNC1CCC(N)C1. The van der Waals surface area contributed by atoms with Crippen LogP contribution in [0.4, 0.5) is 0 Å². The molecule has 0 aromatic carbocycles. The molecule has 0 aromatic rings. The van der Waals surface area contributed by atoms with E-state index in [9.17, 15) is 5.11 Å². The van der Waals surface area contributed by atoms with Crippen molar-refractivity contribution in [3.63, 3.8) is 0 Å². The van der Waals surface area contributed by atoms with Gasteiger partial charge >= 0.3 is 0 Å². The molecule has 0 saturated heterocycles. The zero-order valence-corrected chi connectivity index (χ0v) is 8.01. The molecule has 3 heteroatoms. The normalized spacial score (nSPS) is 31.0. The topological polar surface area (TPSA) is 58.3 Å². The molecule has 0 heterocycles. The van der Waals surface area contributed by atoms with Gasteiger partial charge < -0.3 is 16.2 Å². The van der Waals surface area contributed by atoms with E-state index in [0.717, 1.165) is 19.3 Å². The molecule has 72 valence electrons. The fourth-order valence-corrected chi connectivity index (χ4v) is 1.60. The van der Waals surface area contributed by atoms with Crippen LogP contribution < -0.4 is 11.1 Å². The molecule has 12 heavy (non-hydrogen) atoms. The Labute approximate surface area is 74.3 Å². The standard InChI is InChI=1S/C9H20N2O/c1-9(2,12)6-11-8-4-3-7(10)5-8/h7-8,11-12H,3-6,10H2,1-2H3. The predicted octanol–water partition coefficient (Wildman–Crippen LogP) is 0.227. The first-order valence-electron chi connectivity index (χ1n) is 4.69. The highest BCUT2D eigenvalue weighted by atomic mass is 16.3. The number of aliphatic hydroxyl groups is 1. The van der Waals surface area contributed by atoms with Crippen LogP contribution in [0.5, 0.6) is 0 Å². The highest BCUT2D eigenvalue weighted by Crippen LogP contribution is 2.17. The molecule has 0 aromatic heterocycles. The molecule has 0 bridgehead atoms. The zero-order valence-electron chi connectivity index (χ0n) is 8.01. The van der Waals surface area contributed by atoms with Crippen LogP contribution in [-0.4, -0.2) is 29.3 Å². The molecular weight excluding hydrogens is 152 g/mol. The average Bonchev–Trinajstić information content (AvgIpc) is 2.30. The van der Waals surface area contributed by atoms with Gasteiger partial charge in [0.1, 0.15) is 0 Å². The molecule has 1 rings (SSSR count). The summed E-state index contributed by atoms with van der Waals surface area (Å²) in [6.45, 7) is 4.29. The minimum absolute atomic E-state index is 0.365. The molecule has 4 N–H and O–H groups in total. The largest absolute Gasteiger partial charge is 0.389 e. The summed E-state index contributed by atoms with van der Waals surface area (Å²) in [4.78, 5) is 0. The minimum Gasteiger partial charge on any atom is -0.389 e. The van der Waals surface area contributed by atoms with Crippen molar-refractivity contribution >= 4 is 0 Å². The van der Waals surface area contributed by atoms with Crippen LogP contribution in [0.2, 0.25) is 0 Å². The van der Waals surface area contributed by atoms with Gasteiger partial charge in [-0.15, -0.1) is 0 Å². The second kappa shape index (κ2) is 3.73. The third kappa shape index (κ3) is 3.52. The van der Waals surface area contributed by atoms with Crippen molar-refractivity contribution in [2.24, 2.45) is 5.73 Å². The van der Waals surface area contributed by atoms with Crippen molar-refractivity contribution in [3.05, 3.63) is 0 Å². The van der Waals surface area contributed by atoms with Crippen molar-refractivity contribution in [1.29, 1.82) is 0 Å². The van der Waals surface area contributed by atoms with E-state index in [4.69, 9.17) is 5.73 Å². The Morgan fingerprint density at radius 1 is 1.50 bits per heavy atom. The number of nitrogens with one attached hydrogen (secondary N) is 1. The van der Waals surface area contributed by atoms with Crippen LogP contribution in [0, 0.1) is 0 Å². The first kappa shape index (κ1) is 9.96. The van der Waals surface area contributed by atoms with Gasteiger partial charge in [0.05, 0.1) is 5.60 Å². The molecule has 3 nitrogen and oxygen atoms in total. The molecule has 1 fully saturated rings. The van der Waals surface area contributed by atoms with Crippen molar-refractivity contribution in [1.82, 2.24) is 5.32 Å². The Kier molecular flexibility index (Phi) is 3.09. The summed E-state index contributed by atoms with van der Waals surface area (Å²) in [6.07, 6.45) is 3.32. The van der Waals surface area contributed by atoms with Gasteiger partial charge in [-0.2, -0.15) is 0 Å². The second-order valence-electron chi connectivity index (χ2n) is 4.46. The third-order valence-corrected chi connectivity index (χ3v) is 2.30. The minimum atomic E-state index is -0.604. The van der Waals surface area contributed by atoms with Gasteiger partial charge in [-0.25, -0.2) is 0 Å². The van der Waals surface area contributed by atoms with E-state index in [1.165, 1.54) is 0 Å². The van der Waals surface area contributed by atoms with Crippen LogP contribution in [0.1, 0.15) is 33.1 Å². The predicted molar refractivity (Wildman–Crippen MR) is 49.9 cm³/mol. The lowest BCUT2D eigenvalue weighted by Crippen LogP contribution is -2.40. The zero-order chi connectivity index (χ0) is 9.19. The number of hydrogen-bond donors (Lipinski definition) is 3. The van der Waals surface area contributed by atoms with Gasteiger partial charge in [0.25, 0.3) is 0 Å². The molecule has 2 unspecified atom stereocenters. The monoisotopic (exact) mass is 172 g/mol. The summed E-state index contributed by atoms with van der Waals surface area (Å²) in [5.74, 6) is 0. The van der Waals surface area contributed by atoms with Gasteiger partial charge in [-0.05, 0) is 33.1 Å². The lowest BCUT2D eigenvalue weighted by Gasteiger charge is -2.21. The summed E-state index contributed by atoms with van der Waals surface area (Å²) in [5.41, 5.74) is 5.16. The van der Waals surface area contributed by atoms with Crippen molar-refractivity contribution < 1.29 is 5.11 Å². The van der Waals surface area contributed by atoms with Crippen LogP contribution in [-0.2, 0) is 0 Å². The highest BCUT2D eigenvalue weighted by Gasteiger charge is 2.23. The lowest BCUT2D eigenvalue weighted by molar-refractivity contribution is 0.0765. The van der Waals surface area contributed by atoms with E-state index in [2.05, 4.69) is 5.32 Å². The molecule has 0 radical (unpaired) electrons. The second-order valence-corrected chi connectivity index (χ2v) is 4.46. The molecule has 0 spiro atoms. The van der Waals surface area contributed by atoms with Crippen LogP contribution >= 0.6 is 0 Å². The molecule has 1 saturated carbocycles. The first-order chi connectivity index (χ1) is 5.47. The van der Waals surface area contributed by atoms with E-state index >= 15 is 0 Å². The first-order valence-corrected chi connectivity index (χ1v) is 4.69. The van der Waals surface area contributed by atoms with Gasteiger partial charge in [-0.1, -0.05) is 0 Å².